The molecule has 0 spiro atoms. The summed E-state index contributed by atoms with van der Waals surface area (Å²) in [5.41, 5.74) is -0.890. The quantitative estimate of drug-likeness (QED) is 0.721. The second kappa shape index (κ2) is 8.87. The van der Waals surface area contributed by atoms with Crippen molar-refractivity contribution in [3.63, 3.8) is 0 Å². The number of carbonyl (C=O) groups is 1. The maximum atomic E-state index is 13.0. The maximum absolute atomic E-state index is 13.0. The Morgan fingerprint density at radius 1 is 1.33 bits per heavy atom. The molecule has 2 N–H and O–H groups in total. The Bertz CT molecular complexity index is 760. The number of nitrogens with zero attached hydrogens (tertiary/aromatic N) is 2. The van der Waals surface area contributed by atoms with Crippen molar-refractivity contribution >= 4 is 5.91 Å². The first kappa shape index (κ1) is 20.7. The Morgan fingerprint density at radius 2 is 2.00 bits per heavy atom. The van der Waals surface area contributed by atoms with E-state index in [1.165, 1.54) is 0 Å². The highest BCUT2D eigenvalue weighted by Crippen LogP contribution is 2.31. The summed E-state index contributed by atoms with van der Waals surface area (Å²) < 4.78 is 49.8. The monoisotopic (exact) mass is 387 g/mol. The van der Waals surface area contributed by atoms with E-state index in [2.05, 4.69) is 10.4 Å². The van der Waals surface area contributed by atoms with Gasteiger partial charge >= 0.3 is 6.18 Å². The summed E-state index contributed by atoms with van der Waals surface area (Å²) in [6.07, 6.45) is -4.94. The predicted octanol–water partition coefficient (Wildman–Crippen LogP) is 1.75. The Balaban J connectivity index is 1.80. The summed E-state index contributed by atoms with van der Waals surface area (Å²) in [6, 6.07) is 7.13. The zero-order chi connectivity index (χ0) is 20.0. The summed E-state index contributed by atoms with van der Waals surface area (Å²) >= 11 is 0. The molecule has 1 atom stereocenters. The lowest BCUT2D eigenvalue weighted by molar-refractivity contribution is -0.144. The summed E-state index contributed by atoms with van der Waals surface area (Å²) in [5.74, 6) is -0.264. The summed E-state index contributed by atoms with van der Waals surface area (Å²) in [5, 5.41) is 15.6. The Hall–Kier alpha value is -2.59. The van der Waals surface area contributed by atoms with E-state index in [9.17, 15) is 23.1 Å². The van der Waals surface area contributed by atoms with E-state index in [0.717, 1.165) is 18.8 Å². The number of aliphatic hydroxyl groups excluding tert-OH is 1. The summed E-state index contributed by atoms with van der Waals surface area (Å²) in [6.45, 7) is -0.116. The third-order valence-corrected chi connectivity index (χ3v) is 3.69. The molecule has 0 radical (unpaired) electrons. The number of methoxy groups -OCH3 is 1. The number of aryl methyl sites for hydroxylation is 1. The van der Waals surface area contributed by atoms with Crippen LogP contribution in [0.25, 0.3) is 0 Å². The first-order valence-corrected chi connectivity index (χ1v) is 7.98. The molecule has 2 rings (SSSR count). The van der Waals surface area contributed by atoms with Crippen molar-refractivity contribution in [2.45, 2.75) is 18.9 Å². The number of carbonyl (C=O) groups excluding carboxylic acids is 1. The van der Waals surface area contributed by atoms with Crippen LogP contribution < -0.4 is 10.1 Å². The predicted molar refractivity (Wildman–Crippen MR) is 89.2 cm³/mol. The molecule has 10 heteroatoms. The zero-order valence-electron chi connectivity index (χ0n) is 14.8. The molecule has 0 saturated carbocycles. The lowest BCUT2D eigenvalue weighted by Crippen LogP contribution is -2.35. The van der Waals surface area contributed by atoms with Crippen LogP contribution >= 0.6 is 0 Å². The summed E-state index contributed by atoms with van der Waals surface area (Å²) in [4.78, 5) is 12.0. The largest absolute Gasteiger partial charge is 0.497 e. The molecule has 1 heterocycles. The van der Waals surface area contributed by atoms with E-state index in [4.69, 9.17) is 9.47 Å². The molecule has 0 fully saturated rings. The minimum atomic E-state index is -4.71. The van der Waals surface area contributed by atoms with Gasteiger partial charge < -0.3 is 19.9 Å². The van der Waals surface area contributed by atoms with Gasteiger partial charge in [-0.2, -0.15) is 18.3 Å². The first-order chi connectivity index (χ1) is 12.7. The molecule has 0 saturated heterocycles. The fourth-order valence-corrected chi connectivity index (χ4v) is 2.34. The number of hydrogen-bond acceptors (Lipinski definition) is 5. The van der Waals surface area contributed by atoms with Gasteiger partial charge in [0.1, 0.15) is 5.75 Å². The molecule has 0 aliphatic rings. The van der Waals surface area contributed by atoms with Crippen LogP contribution in [-0.2, 0) is 24.6 Å². The molecule has 1 unspecified atom stereocenters. The van der Waals surface area contributed by atoms with Crippen LogP contribution in [0.5, 0.6) is 5.75 Å². The van der Waals surface area contributed by atoms with Crippen molar-refractivity contribution in [3.8, 4) is 5.75 Å². The van der Waals surface area contributed by atoms with Crippen molar-refractivity contribution < 1.29 is 32.5 Å². The maximum Gasteiger partial charge on any atom is 0.433 e. The molecule has 1 aromatic heterocycles. The molecule has 2 aromatic rings. The van der Waals surface area contributed by atoms with Crippen LogP contribution in [-0.4, -0.2) is 47.2 Å². The number of halogens is 3. The number of nitrogens with one attached hydrogen (secondary N) is 1. The van der Waals surface area contributed by atoms with Crippen molar-refractivity contribution in [2.75, 3.05) is 20.3 Å². The van der Waals surface area contributed by atoms with Crippen LogP contribution in [0, 0.1) is 0 Å². The number of aliphatic hydroxyl groups is 1. The van der Waals surface area contributed by atoms with Crippen LogP contribution in [0.2, 0.25) is 0 Å². The van der Waals surface area contributed by atoms with Gasteiger partial charge in [-0.1, -0.05) is 12.1 Å². The molecule has 27 heavy (non-hydrogen) atoms. The number of benzene rings is 1. The van der Waals surface area contributed by atoms with Gasteiger partial charge in [0.2, 0.25) is 0 Å². The highest BCUT2D eigenvalue weighted by atomic mass is 19.4. The number of hydrogen-bond donors (Lipinski definition) is 2. The molecule has 1 aromatic carbocycles. The lowest BCUT2D eigenvalue weighted by Gasteiger charge is -2.13. The number of rotatable bonds is 8. The zero-order valence-corrected chi connectivity index (χ0v) is 14.8. The van der Waals surface area contributed by atoms with Crippen LogP contribution in [0.15, 0.2) is 30.5 Å². The average Bonchev–Trinajstić information content (AvgIpc) is 3.02. The third kappa shape index (κ3) is 5.69. The van der Waals surface area contributed by atoms with E-state index < -0.39 is 29.4 Å². The van der Waals surface area contributed by atoms with Gasteiger partial charge in [0.05, 0.1) is 38.2 Å². The molecule has 7 nitrogen and oxygen atoms in total. The van der Waals surface area contributed by atoms with E-state index in [1.807, 2.05) is 0 Å². The standard InChI is InChI=1S/C17H20F3N3O4/c1-23-15(17(18,19)20)14(8-22-23)16(25)21-7-12(24)10-27-9-11-3-5-13(26-2)6-4-11/h3-6,8,12,24H,7,9-10H2,1-2H3,(H,21,25). The second-order valence-electron chi connectivity index (χ2n) is 5.76. The molecule has 0 aliphatic heterocycles. The average molecular weight is 387 g/mol. The van der Waals surface area contributed by atoms with Gasteiger partial charge in [0.25, 0.3) is 5.91 Å². The lowest BCUT2D eigenvalue weighted by atomic mass is 10.2. The normalized spacial score (nSPS) is 12.7. The Kier molecular flexibility index (Phi) is 6.81. The van der Waals surface area contributed by atoms with Crippen molar-refractivity contribution in [1.82, 2.24) is 15.1 Å². The van der Waals surface area contributed by atoms with Gasteiger partial charge in [-0.3, -0.25) is 9.48 Å². The smallest absolute Gasteiger partial charge is 0.433 e. The van der Waals surface area contributed by atoms with Gasteiger partial charge in [-0.25, -0.2) is 0 Å². The van der Waals surface area contributed by atoms with Gasteiger partial charge in [-0.05, 0) is 17.7 Å². The highest BCUT2D eigenvalue weighted by molar-refractivity contribution is 5.95. The second-order valence-corrected chi connectivity index (χ2v) is 5.76. The Morgan fingerprint density at radius 3 is 2.59 bits per heavy atom. The molecular formula is C17H20F3N3O4. The van der Waals surface area contributed by atoms with Crippen molar-refractivity contribution in [3.05, 3.63) is 47.3 Å². The minimum Gasteiger partial charge on any atom is -0.497 e. The SMILES string of the molecule is COc1ccc(COCC(O)CNC(=O)c2cnn(C)c2C(F)(F)F)cc1. The molecule has 0 aliphatic carbocycles. The number of ether oxygens (including phenoxy) is 2. The fourth-order valence-electron chi connectivity index (χ4n) is 2.34. The number of aromatic nitrogens is 2. The van der Waals surface area contributed by atoms with Gasteiger partial charge in [-0.15, -0.1) is 0 Å². The van der Waals surface area contributed by atoms with E-state index >= 15 is 0 Å². The van der Waals surface area contributed by atoms with Crippen molar-refractivity contribution in [1.29, 1.82) is 0 Å². The minimum absolute atomic E-state index is 0.0918. The molecule has 0 bridgehead atoms. The number of alkyl halides is 3. The summed E-state index contributed by atoms with van der Waals surface area (Å²) in [7, 11) is 2.65. The first-order valence-electron chi connectivity index (χ1n) is 7.98. The van der Waals surface area contributed by atoms with E-state index in [1.54, 1.807) is 31.4 Å². The number of amides is 1. The van der Waals surface area contributed by atoms with Crippen LogP contribution in [0.3, 0.4) is 0 Å². The van der Waals surface area contributed by atoms with E-state index in [0.29, 0.717) is 10.4 Å². The fraction of sp³-hybridized carbons (Fsp3) is 0.412. The van der Waals surface area contributed by atoms with E-state index in [-0.39, 0.29) is 19.8 Å². The third-order valence-electron chi connectivity index (χ3n) is 3.69. The molecule has 148 valence electrons. The molecule has 1 amide bonds. The highest BCUT2D eigenvalue weighted by Gasteiger charge is 2.39. The van der Waals surface area contributed by atoms with Crippen molar-refractivity contribution in [2.24, 2.45) is 7.05 Å². The van der Waals surface area contributed by atoms with Crippen LogP contribution in [0.4, 0.5) is 13.2 Å². The van der Waals surface area contributed by atoms with Crippen LogP contribution in [0.1, 0.15) is 21.6 Å². The Labute approximate surface area is 153 Å². The molecular weight excluding hydrogens is 367 g/mol. The topological polar surface area (TPSA) is 85.6 Å². The van der Waals surface area contributed by atoms with Gasteiger partial charge in [0.15, 0.2) is 5.69 Å². The van der Waals surface area contributed by atoms with Gasteiger partial charge in [0, 0.05) is 13.6 Å².